The second kappa shape index (κ2) is 7.76. The molecule has 1 unspecified atom stereocenters. The second-order valence-electron chi connectivity index (χ2n) is 9.07. The van der Waals surface area contributed by atoms with Crippen molar-refractivity contribution >= 4 is 32.4 Å². The number of H-pyrrole nitrogens is 1. The van der Waals surface area contributed by atoms with E-state index in [0.717, 1.165) is 10.7 Å². The molecule has 4 rings (SSSR count). The van der Waals surface area contributed by atoms with Crippen LogP contribution in [0.1, 0.15) is 20.3 Å². The number of anilines is 2. The van der Waals surface area contributed by atoms with Crippen molar-refractivity contribution in [2.75, 3.05) is 19.4 Å². The molecule has 1 aromatic carbocycles. The first kappa shape index (κ1) is 22.0. The molecule has 1 saturated carbocycles. The Kier molecular flexibility index (Phi) is 5.35. The molecule has 0 amide bonds. The van der Waals surface area contributed by atoms with Gasteiger partial charge in [-0.1, -0.05) is 13.8 Å². The zero-order valence-electron chi connectivity index (χ0n) is 18.5. The molecule has 1 aliphatic rings. The van der Waals surface area contributed by atoms with Crippen molar-refractivity contribution in [1.82, 2.24) is 19.1 Å². The highest BCUT2D eigenvalue weighted by Crippen LogP contribution is 2.56. The van der Waals surface area contributed by atoms with Crippen molar-refractivity contribution in [3.63, 3.8) is 0 Å². The minimum atomic E-state index is -3.53. The summed E-state index contributed by atoms with van der Waals surface area (Å²) in [5, 5.41) is 17.8. The number of nitrogens with zero attached hydrogens (tertiary/aromatic N) is 4. The van der Waals surface area contributed by atoms with E-state index in [0.29, 0.717) is 34.9 Å². The lowest BCUT2D eigenvalue weighted by Gasteiger charge is -2.12. The molecule has 0 aliphatic heterocycles. The molecule has 3 aromatic rings. The van der Waals surface area contributed by atoms with Crippen LogP contribution in [-0.2, 0) is 16.6 Å². The quantitative estimate of drug-likeness (QED) is 0.566. The Labute approximate surface area is 186 Å². The van der Waals surface area contributed by atoms with Crippen molar-refractivity contribution < 1.29 is 8.42 Å². The maximum absolute atomic E-state index is 12.6. The van der Waals surface area contributed by atoms with E-state index < -0.39 is 10.0 Å². The summed E-state index contributed by atoms with van der Waals surface area (Å²) in [5.74, 6) is 0.462. The molecule has 2 N–H and O–H groups in total. The lowest BCUT2D eigenvalue weighted by atomic mass is 9.98. The number of nitrogens with one attached hydrogen (secondary N) is 2. The Balaban J connectivity index is 1.67. The van der Waals surface area contributed by atoms with Gasteiger partial charge in [-0.15, -0.1) is 0 Å². The maximum Gasteiger partial charge on any atom is 0.261 e. The highest BCUT2D eigenvalue weighted by Gasteiger charge is 2.50. The SMILES string of the molecule is CN(C)S(=O)(=O)c1ccc(Nc2nn(CC(C#N)[C@H]3CC3(C)C)c3cc[nH]c(=O)c23)cc1. The van der Waals surface area contributed by atoms with E-state index in [9.17, 15) is 18.5 Å². The van der Waals surface area contributed by atoms with Crippen LogP contribution in [0.25, 0.3) is 10.9 Å². The molecule has 0 bridgehead atoms. The molecular formula is C22H26N6O3S. The number of rotatable bonds is 7. The molecule has 1 fully saturated rings. The fourth-order valence-corrected chi connectivity index (χ4v) is 4.96. The van der Waals surface area contributed by atoms with Crippen molar-refractivity contribution in [3.05, 3.63) is 46.9 Å². The predicted octanol–water partition coefficient (Wildman–Crippen LogP) is 2.90. The largest absolute Gasteiger partial charge is 0.338 e. The van der Waals surface area contributed by atoms with Crippen LogP contribution in [0.3, 0.4) is 0 Å². The minimum Gasteiger partial charge on any atom is -0.338 e. The van der Waals surface area contributed by atoms with E-state index in [1.54, 1.807) is 29.1 Å². The van der Waals surface area contributed by atoms with Crippen molar-refractivity contribution in [2.24, 2.45) is 17.3 Å². The molecule has 2 atom stereocenters. The van der Waals surface area contributed by atoms with Gasteiger partial charge in [-0.25, -0.2) is 12.7 Å². The highest BCUT2D eigenvalue weighted by atomic mass is 32.2. The smallest absolute Gasteiger partial charge is 0.261 e. The summed E-state index contributed by atoms with van der Waals surface area (Å²) in [4.78, 5) is 15.4. The third-order valence-corrected chi connectivity index (χ3v) is 8.01. The Bertz CT molecular complexity index is 1360. The molecule has 32 heavy (non-hydrogen) atoms. The molecular weight excluding hydrogens is 428 g/mol. The number of hydrogen-bond acceptors (Lipinski definition) is 6. The van der Waals surface area contributed by atoms with Gasteiger partial charge in [0.1, 0.15) is 5.39 Å². The van der Waals surface area contributed by atoms with Gasteiger partial charge in [0.15, 0.2) is 5.82 Å². The average Bonchev–Trinajstić information content (AvgIpc) is 3.23. The molecule has 10 heteroatoms. The van der Waals surface area contributed by atoms with E-state index in [1.807, 2.05) is 0 Å². The first-order valence-corrected chi connectivity index (χ1v) is 11.8. The number of benzene rings is 1. The summed E-state index contributed by atoms with van der Waals surface area (Å²) >= 11 is 0. The predicted molar refractivity (Wildman–Crippen MR) is 122 cm³/mol. The maximum atomic E-state index is 12.6. The van der Waals surface area contributed by atoms with Crippen molar-refractivity contribution in [1.29, 1.82) is 5.26 Å². The van der Waals surface area contributed by atoms with E-state index >= 15 is 0 Å². The highest BCUT2D eigenvalue weighted by molar-refractivity contribution is 7.89. The van der Waals surface area contributed by atoms with Gasteiger partial charge >= 0.3 is 0 Å². The number of aromatic nitrogens is 3. The topological polar surface area (TPSA) is 124 Å². The Morgan fingerprint density at radius 2 is 1.97 bits per heavy atom. The molecule has 168 valence electrons. The molecule has 0 spiro atoms. The van der Waals surface area contributed by atoms with Crippen molar-refractivity contribution in [3.8, 4) is 6.07 Å². The molecule has 2 aromatic heterocycles. The fraction of sp³-hybridized carbons (Fsp3) is 0.409. The number of nitriles is 1. The zero-order valence-corrected chi connectivity index (χ0v) is 19.3. The van der Waals surface area contributed by atoms with Gasteiger partial charge in [-0.2, -0.15) is 10.4 Å². The molecule has 2 heterocycles. The van der Waals surface area contributed by atoms with E-state index in [1.165, 1.54) is 26.2 Å². The van der Waals surface area contributed by atoms with E-state index in [4.69, 9.17) is 0 Å². The van der Waals surface area contributed by atoms with Gasteiger partial charge < -0.3 is 10.3 Å². The standard InChI is InChI=1S/C22H26N6O3S/c1-22(2)11-17(22)14(12-23)13-28-18-9-10-24-21(29)19(18)20(26-28)25-15-5-7-16(8-6-15)32(30,31)27(3)4/h5-10,14,17H,11,13H2,1-4H3,(H,24,29)(H,25,26)/t14?,17-/m1/s1. The van der Waals surface area contributed by atoms with Gasteiger partial charge in [0.2, 0.25) is 10.0 Å². The summed E-state index contributed by atoms with van der Waals surface area (Å²) in [7, 11) is -0.580. The van der Waals surface area contributed by atoms with Gasteiger partial charge in [-0.3, -0.25) is 9.48 Å². The third kappa shape index (κ3) is 3.89. The fourth-order valence-electron chi connectivity index (χ4n) is 4.06. The van der Waals surface area contributed by atoms with Crippen LogP contribution in [0.15, 0.2) is 46.2 Å². The Morgan fingerprint density at radius 1 is 1.31 bits per heavy atom. The zero-order chi connectivity index (χ0) is 23.3. The molecule has 9 nitrogen and oxygen atoms in total. The van der Waals surface area contributed by atoms with E-state index in [2.05, 4.69) is 35.3 Å². The number of aromatic amines is 1. The van der Waals surface area contributed by atoms with Crippen LogP contribution < -0.4 is 10.9 Å². The summed E-state index contributed by atoms with van der Waals surface area (Å²) in [6.07, 6.45) is 2.56. The number of pyridine rings is 1. The first-order valence-electron chi connectivity index (χ1n) is 10.3. The second-order valence-corrected chi connectivity index (χ2v) is 11.2. The normalized spacial score (nSPS) is 18.4. The Morgan fingerprint density at radius 3 is 2.53 bits per heavy atom. The summed E-state index contributed by atoms with van der Waals surface area (Å²) in [6, 6.07) is 10.4. The van der Waals surface area contributed by atoms with Crippen LogP contribution in [0.4, 0.5) is 11.5 Å². The van der Waals surface area contributed by atoms with Gasteiger partial charge in [0, 0.05) is 26.0 Å². The monoisotopic (exact) mass is 454 g/mol. The average molecular weight is 455 g/mol. The summed E-state index contributed by atoms with van der Waals surface area (Å²) < 4.78 is 27.4. The van der Waals surface area contributed by atoms with Crippen molar-refractivity contribution in [2.45, 2.75) is 31.7 Å². The minimum absolute atomic E-state index is 0.149. The number of hydrogen-bond donors (Lipinski definition) is 2. The van der Waals surface area contributed by atoms with Crippen LogP contribution in [0.5, 0.6) is 0 Å². The van der Waals surface area contributed by atoms with Crippen LogP contribution in [0, 0.1) is 28.6 Å². The first-order chi connectivity index (χ1) is 15.0. The third-order valence-electron chi connectivity index (χ3n) is 6.18. The summed E-state index contributed by atoms with van der Waals surface area (Å²) in [5.41, 5.74) is 1.10. The van der Waals surface area contributed by atoms with Gasteiger partial charge in [-0.05, 0) is 48.1 Å². The number of sulfonamides is 1. The number of fused-ring (bicyclic) bond motifs is 1. The Hall–Kier alpha value is -3.16. The van der Waals surface area contributed by atoms with Crippen LogP contribution in [0.2, 0.25) is 0 Å². The van der Waals surface area contributed by atoms with Gasteiger partial charge in [0.25, 0.3) is 5.56 Å². The lowest BCUT2D eigenvalue weighted by Crippen LogP contribution is -2.22. The van der Waals surface area contributed by atoms with Crippen LogP contribution in [-0.4, -0.2) is 41.6 Å². The molecule has 1 aliphatic carbocycles. The molecule has 0 saturated heterocycles. The lowest BCUT2D eigenvalue weighted by molar-refractivity contribution is 0.407. The van der Waals surface area contributed by atoms with Crippen LogP contribution >= 0.6 is 0 Å². The summed E-state index contributed by atoms with van der Waals surface area (Å²) in [6.45, 7) is 4.70. The molecule has 0 radical (unpaired) electrons. The van der Waals surface area contributed by atoms with E-state index in [-0.39, 0.29) is 21.8 Å². The van der Waals surface area contributed by atoms with Gasteiger partial charge in [0.05, 0.1) is 28.9 Å².